The van der Waals surface area contributed by atoms with E-state index in [1.54, 1.807) is 0 Å². The molecule has 0 amide bonds. The van der Waals surface area contributed by atoms with Crippen LogP contribution in [0.3, 0.4) is 0 Å². The monoisotopic (exact) mass is 520 g/mol. The first-order valence-corrected chi connectivity index (χ1v) is 11.9. The van der Waals surface area contributed by atoms with Crippen LogP contribution in [0.1, 0.15) is 0 Å². The van der Waals surface area contributed by atoms with Crippen molar-refractivity contribution in [2.45, 2.75) is 0 Å². The van der Waals surface area contributed by atoms with Crippen molar-refractivity contribution >= 4 is 23.8 Å². The number of benzene rings is 5. The van der Waals surface area contributed by atoms with Gasteiger partial charge in [0.1, 0.15) is 0 Å². The maximum absolute atomic E-state index is 2.32. The zero-order valence-electron chi connectivity index (χ0n) is 17.5. The molecule has 2 heteroatoms. The van der Waals surface area contributed by atoms with Crippen molar-refractivity contribution in [2.24, 2.45) is 0 Å². The van der Waals surface area contributed by atoms with Crippen LogP contribution in [0.4, 0.5) is 0 Å². The molecule has 5 aromatic rings. The number of hydrogen-bond acceptors (Lipinski definition) is 0. The minimum Gasteiger partial charge on any atom is -0.0622 e. The molecule has 5 rings (SSSR count). The van der Waals surface area contributed by atoms with Crippen LogP contribution in [-0.4, -0.2) is 0 Å². The maximum atomic E-state index is 2.32. The van der Waals surface area contributed by atoms with Crippen molar-refractivity contribution in [1.82, 2.24) is 0 Å². The largest absolute Gasteiger partial charge is 0.0622 e. The van der Waals surface area contributed by atoms with Crippen LogP contribution in [0, 0.1) is 0 Å². The summed E-state index contributed by atoms with van der Waals surface area (Å²) in [7, 11) is -0.697. The molecule has 158 valence electrons. The summed E-state index contributed by atoms with van der Waals surface area (Å²) in [4.78, 5) is 0. The first-order chi connectivity index (χ1) is 15.4. The van der Waals surface area contributed by atoms with Crippen molar-refractivity contribution in [2.75, 3.05) is 0 Å². The minimum atomic E-state index is -0.697. The molecule has 0 heterocycles. The fraction of sp³-hybridized carbons (Fsp3) is 0. The van der Waals surface area contributed by atoms with Gasteiger partial charge in [-0.05, 0) is 46.1 Å². The maximum Gasteiger partial charge on any atom is 0 e. The van der Waals surface area contributed by atoms with Gasteiger partial charge in [0.2, 0.25) is 0 Å². The Bertz CT molecular complexity index is 1210. The number of hydrogen-bond donors (Lipinski definition) is 0. The summed E-state index contributed by atoms with van der Waals surface area (Å²) in [6, 6.07) is 50.2. The van der Waals surface area contributed by atoms with Crippen molar-refractivity contribution in [3.8, 4) is 22.3 Å². The average Bonchev–Trinajstić information content (AvgIpc) is 2.86. The molecule has 0 bridgehead atoms. The van der Waals surface area contributed by atoms with Crippen LogP contribution in [0.5, 0.6) is 0 Å². The summed E-state index contributed by atoms with van der Waals surface area (Å²) in [5, 5.41) is 4.12. The van der Waals surface area contributed by atoms with Crippen LogP contribution in [0.25, 0.3) is 22.3 Å². The Hall–Kier alpha value is -2.81. The van der Waals surface area contributed by atoms with Crippen LogP contribution in [0.15, 0.2) is 140 Å². The molecule has 0 saturated carbocycles. The third-order valence-electron chi connectivity index (χ3n) is 5.46. The van der Waals surface area contributed by atoms with Gasteiger partial charge in [-0.3, -0.25) is 0 Å². The van der Waals surface area contributed by atoms with E-state index < -0.39 is 7.92 Å². The van der Waals surface area contributed by atoms with Crippen molar-refractivity contribution in [1.29, 1.82) is 0 Å². The molecule has 0 radical (unpaired) electrons. The van der Waals surface area contributed by atoms with Gasteiger partial charge in [-0.15, -0.1) is 0 Å². The molecule has 0 aliphatic rings. The van der Waals surface area contributed by atoms with Gasteiger partial charge < -0.3 is 0 Å². The first kappa shape index (κ1) is 22.4. The molecule has 32 heavy (non-hydrogen) atoms. The molecular weight excluding hydrogens is 498 g/mol. The average molecular weight is 521 g/mol. The second kappa shape index (κ2) is 10.7. The van der Waals surface area contributed by atoms with Crippen molar-refractivity contribution in [3.63, 3.8) is 0 Å². The molecule has 0 atom stereocenters. The van der Waals surface area contributed by atoms with Gasteiger partial charge in [-0.2, -0.15) is 0 Å². The fourth-order valence-corrected chi connectivity index (χ4v) is 6.58. The molecule has 0 fully saturated rings. The van der Waals surface area contributed by atoms with Gasteiger partial charge in [-0.1, -0.05) is 140 Å². The molecule has 0 aromatic heterocycles. The molecule has 0 aliphatic heterocycles. The molecule has 0 aliphatic carbocycles. The summed E-state index contributed by atoms with van der Waals surface area (Å²) in [6.07, 6.45) is 0. The summed E-state index contributed by atoms with van der Waals surface area (Å²) >= 11 is 0. The quantitative estimate of drug-likeness (QED) is 0.177. The molecule has 5 aromatic carbocycles. The molecular formula is C30H23PPd. The minimum absolute atomic E-state index is 0. The van der Waals surface area contributed by atoms with Gasteiger partial charge in [0.25, 0.3) is 0 Å². The normalized spacial score (nSPS) is 10.5. The van der Waals surface area contributed by atoms with Gasteiger partial charge in [0.15, 0.2) is 0 Å². The Kier molecular flexibility index (Phi) is 7.47. The second-order valence-corrected chi connectivity index (χ2v) is 9.62. The predicted octanol–water partition coefficient (Wildman–Crippen LogP) is 6.78. The second-order valence-electron chi connectivity index (χ2n) is 7.44. The smallest absolute Gasteiger partial charge is 0 e. The van der Waals surface area contributed by atoms with E-state index >= 15 is 0 Å². The Labute approximate surface area is 205 Å². The van der Waals surface area contributed by atoms with E-state index in [0.29, 0.717) is 0 Å². The molecule has 0 unspecified atom stereocenters. The van der Waals surface area contributed by atoms with E-state index in [2.05, 4.69) is 140 Å². The summed E-state index contributed by atoms with van der Waals surface area (Å²) in [5.41, 5.74) is 5.12. The van der Waals surface area contributed by atoms with Crippen molar-refractivity contribution in [3.05, 3.63) is 140 Å². The van der Waals surface area contributed by atoms with Crippen LogP contribution in [0.2, 0.25) is 0 Å². The van der Waals surface area contributed by atoms with Gasteiger partial charge >= 0.3 is 0 Å². The molecule has 0 nitrogen and oxygen atoms in total. The van der Waals surface area contributed by atoms with Crippen LogP contribution < -0.4 is 15.9 Å². The van der Waals surface area contributed by atoms with Gasteiger partial charge in [0.05, 0.1) is 0 Å². The summed E-state index contributed by atoms with van der Waals surface area (Å²) < 4.78 is 0. The Balaban J connectivity index is 0.00000245. The van der Waals surface area contributed by atoms with Crippen molar-refractivity contribution < 1.29 is 20.4 Å². The predicted molar refractivity (Wildman–Crippen MR) is 136 cm³/mol. The number of rotatable bonds is 5. The third kappa shape index (κ3) is 4.67. The Morgan fingerprint density at radius 2 is 0.812 bits per heavy atom. The summed E-state index contributed by atoms with van der Waals surface area (Å²) in [5.74, 6) is 0. The van der Waals surface area contributed by atoms with Gasteiger partial charge in [0, 0.05) is 20.4 Å². The zero-order chi connectivity index (χ0) is 20.9. The summed E-state index contributed by atoms with van der Waals surface area (Å²) in [6.45, 7) is 0. The topological polar surface area (TPSA) is 0 Å². The Morgan fingerprint density at radius 3 is 1.31 bits per heavy atom. The van der Waals surface area contributed by atoms with Gasteiger partial charge in [-0.25, -0.2) is 0 Å². The van der Waals surface area contributed by atoms with Crippen LogP contribution in [-0.2, 0) is 20.4 Å². The first-order valence-electron chi connectivity index (χ1n) is 10.6. The third-order valence-corrected chi connectivity index (χ3v) is 7.94. The van der Waals surface area contributed by atoms with E-state index in [1.807, 2.05) is 0 Å². The van der Waals surface area contributed by atoms with E-state index in [-0.39, 0.29) is 20.4 Å². The van der Waals surface area contributed by atoms with E-state index in [4.69, 9.17) is 0 Å². The fourth-order valence-electron chi connectivity index (χ4n) is 4.07. The Morgan fingerprint density at radius 1 is 0.375 bits per heavy atom. The molecule has 0 N–H and O–H groups in total. The SMILES string of the molecule is [Pd].c1ccc(-c2cccc(P(c3ccccc3)c3ccccc3)c2-c2ccccc2)cc1. The van der Waals surface area contributed by atoms with E-state index in [1.165, 1.54) is 38.2 Å². The standard InChI is InChI=1S/C30H23P.Pd/c1-5-14-24(15-6-1)28-22-13-23-29(30(28)25-16-7-2-8-17-25)31(26-18-9-3-10-19-26)27-20-11-4-12-21-27;/h1-23H;. The van der Waals surface area contributed by atoms with E-state index in [9.17, 15) is 0 Å². The van der Waals surface area contributed by atoms with Crippen LogP contribution >= 0.6 is 7.92 Å². The molecule has 0 spiro atoms. The zero-order valence-corrected chi connectivity index (χ0v) is 20.0. The molecule has 0 saturated heterocycles. The van der Waals surface area contributed by atoms with E-state index in [0.717, 1.165) is 0 Å².